The second-order valence-corrected chi connectivity index (χ2v) is 9.56. The van der Waals surface area contributed by atoms with Gasteiger partial charge in [0.1, 0.15) is 6.04 Å². The van der Waals surface area contributed by atoms with Crippen molar-refractivity contribution in [3.63, 3.8) is 0 Å². The van der Waals surface area contributed by atoms with Gasteiger partial charge in [-0.05, 0) is 35.7 Å². The quantitative estimate of drug-likeness (QED) is 0.485. The Morgan fingerprint density at radius 3 is 2.08 bits per heavy atom. The molecular weight excluding hydrogens is 483 g/mol. The Bertz CT molecular complexity index is 1340. The summed E-state index contributed by atoms with van der Waals surface area (Å²) in [5, 5.41) is 0. The molecule has 3 saturated heterocycles. The molecule has 3 fully saturated rings. The minimum atomic E-state index is -4.61. The molecule has 3 aliphatic heterocycles. The fourth-order valence-corrected chi connectivity index (χ4v) is 5.90. The molecule has 0 aliphatic carbocycles. The van der Waals surface area contributed by atoms with Crippen LogP contribution < -0.4 is 4.90 Å². The van der Waals surface area contributed by atoms with Crippen LogP contribution in [0.5, 0.6) is 0 Å². The number of rotatable bonds is 4. The van der Waals surface area contributed by atoms with Crippen LogP contribution in [0.25, 0.3) is 0 Å². The number of nitrogens with zero attached hydrogens (tertiary/aromatic N) is 3. The van der Waals surface area contributed by atoms with E-state index >= 15 is 0 Å². The Labute approximate surface area is 210 Å². The number of anilines is 1. The van der Waals surface area contributed by atoms with Gasteiger partial charge in [-0.15, -0.1) is 0 Å². The van der Waals surface area contributed by atoms with Crippen molar-refractivity contribution in [3.8, 4) is 0 Å². The van der Waals surface area contributed by atoms with E-state index in [9.17, 15) is 27.6 Å². The lowest BCUT2D eigenvalue weighted by Gasteiger charge is -2.37. The van der Waals surface area contributed by atoms with Crippen molar-refractivity contribution in [1.29, 1.82) is 0 Å². The van der Waals surface area contributed by atoms with Gasteiger partial charge in [0.05, 0.1) is 29.3 Å². The molecule has 2 bridgehead atoms. The standard InChI is InChI=1S/C28H22F3N3O3/c29-28(30,31)19-12-7-13-20(14-19)34-26(36)24-22-15-21(33(24)27(34)37)16-32(22)25(35)23(17-8-3-1-4-9-17)18-10-5-2-6-11-18/h1-14,21-24H,15-16H2/t21?,22?,24-/m1/s1. The van der Waals surface area contributed by atoms with E-state index in [4.69, 9.17) is 0 Å². The first-order valence-corrected chi connectivity index (χ1v) is 12.0. The molecule has 3 aromatic rings. The maximum absolute atomic E-state index is 14.0. The summed E-state index contributed by atoms with van der Waals surface area (Å²) in [6.45, 7) is 0.269. The van der Waals surface area contributed by atoms with Gasteiger partial charge < -0.3 is 9.80 Å². The summed E-state index contributed by atoms with van der Waals surface area (Å²) >= 11 is 0. The van der Waals surface area contributed by atoms with E-state index in [0.29, 0.717) is 6.42 Å². The highest BCUT2D eigenvalue weighted by atomic mass is 19.4. The van der Waals surface area contributed by atoms with Crippen LogP contribution in [0.3, 0.4) is 0 Å². The SMILES string of the molecule is O=C1[C@H]2C3CC(CN3C(=O)C(c3ccccc3)c3ccccc3)N2C(=O)N1c1cccc(C(F)(F)F)c1. The summed E-state index contributed by atoms with van der Waals surface area (Å²) < 4.78 is 39.8. The van der Waals surface area contributed by atoms with Gasteiger partial charge in [0, 0.05) is 6.54 Å². The molecule has 6 rings (SSSR count). The normalized spacial score (nSPS) is 22.8. The Balaban J connectivity index is 1.32. The largest absolute Gasteiger partial charge is 0.416 e. The second-order valence-electron chi connectivity index (χ2n) is 9.56. The van der Waals surface area contributed by atoms with E-state index < -0.39 is 41.7 Å². The lowest BCUT2D eigenvalue weighted by Crippen LogP contribution is -2.55. The molecule has 37 heavy (non-hydrogen) atoms. The van der Waals surface area contributed by atoms with Crippen LogP contribution in [0, 0.1) is 0 Å². The fourth-order valence-electron chi connectivity index (χ4n) is 5.90. The fraction of sp³-hybridized carbons (Fsp3) is 0.250. The molecule has 188 valence electrons. The maximum atomic E-state index is 14.0. The zero-order valence-electron chi connectivity index (χ0n) is 19.5. The number of carbonyl (C=O) groups excluding carboxylic acids is 3. The average Bonchev–Trinajstić information content (AvgIpc) is 3.56. The van der Waals surface area contributed by atoms with Crippen LogP contribution in [-0.4, -0.2) is 52.3 Å². The molecule has 3 aliphatic rings. The van der Waals surface area contributed by atoms with Crippen LogP contribution in [0.2, 0.25) is 0 Å². The molecule has 3 aromatic carbocycles. The van der Waals surface area contributed by atoms with Gasteiger partial charge in [0.15, 0.2) is 0 Å². The Morgan fingerprint density at radius 1 is 0.865 bits per heavy atom. The Hall–Kier alpha value is -4.14. The van der Waals surface area contributed by atoms with Gasteiger partial charge in [-0.3, -0.25) is 9.59 Å². The van der Waals surface area contributed by atoms with Gasteiger partial charge in [-0.2, -0.15) is 13.2 Å². The van der Waals surface area contributed by atoms with Crippen molar-refractivity contribution in [2.75, 3.05) is 11.4 Å². The molecule has 0 radical (unpaired) electrons. The van der Waals surface area contributed by atoms with Crippen LogP contribution >= 0.6 is 0 Å². The molecule has 0 N–H and O–H groups in total. The van der Waals surface area contributed by atoms with Crippen LogP contribution in [0.1, 0.15) is 29.0 Å². The number of piperazine rings is 1. The molecule has 0 spiro atoms. The molecule has 4 amide bonds. The van der Waals surface area contributed by atoms with Gasteiger partial charge in [-0.1, -0.05) is 66.7 Å². The third-order valence-electron chi connectivity index (χ3n) is 7.49. The van der Waals surface area contributed by atoms with Crippen molar-refractivity contribution < 1.29 is 27.6 Å². The predicted octanol–water partition coefficient (Wildman–Crippen LogP) is 4.66. The zero-order valence-corrected chi connectivity index (χ0v) is 19.5. The number of benzene rings is 3. The van der Waals surface area contributed by atoms with E-state index in [1.165, 1.54) is 17.0 Å². The monoisotopic (exact) mass is 505 g/mol. The number of hydrogen-bond donors (Lipinski definition) is 0. The number of urea groups is 1. The average molecular weight is 505 g/mol. The van der Waals surface area contributed by atoms with Crippen molar-refractivity contribution in [3.05, 3.63) is 102 Å². The van der Waals surface area contributed by atoms with Crippen LogP contribution in [0.4, 0.5) is 23.7 Å². The lowest BCUT2D eigenvalue weighted by molar-refractivity contribution is -0.138. The highest BCUT2D eigenvalue weighted by molar-refractivity contribution is 6.22. The van der Waals surface area contributed by atoms with Crippen molar-refractivity contribution in [1.82, 2.24) is 9.80 Å². The van der Waals surface area contributed by atoms with E-state index in [2.05, 4.69) is 0 Å². The number of carbonyl (C=O) groups is 3. The van der Waals surface area contributed by atoms with Crippen LogP contribution in [0.15, 0.2) is 84.9 Å². The highest BCUT2D eigenvalue weighted by Gasteiger charge is 2.63. The smallest absolute Gasteiger partial charge is 0.334 e. The number of fused-ring (bicyclic) bond motifs is 5. The summed E-state index contributed by atoms with van der Waals surface area (Å²) in [6, 6.07) is 20.5. The summed E-state index contributed by atoms with van der Waals surface area (Å²) in [7, 11) is 0. The first-order valence-electron chi connectivity index (χ1n) is 12.0. The Morgan fingerprint density at radius 2 is 1.49 bits per heavy atom. The summed E-state index contributed by atoms with van der Waals surface area (Å²) in [4.78, 5) is 44.6. The molecule has 0 saturated carbocycles. The van der Waals surface area contributed by atoms with E-state index in [0.717, 1.165) is 28.2 Å². The number of amides is 4. The molecule has 0 aromatic heterocycles. The maximum Gasteiger partial charge on any atom is 0.416 e. The molecular formula is C28H22F3N3O3. The van der Waals surface area contributed by atoms with E-state index in [1.54, 1.807) is 4.90 Å². The summed E-state index contributed by atoms with van der Waals surface area (Å²) in [5.41, 5.74) is 0.574. The van der Waals surface area contributed by atoms with Crippen LogP contribution in [-0.2, 0) is 15.8 Å². The van der Waals surface area contributed by atoms with Gasteiger partial charge >= 0.3 is 12.2 Å². The third-order valence-corrected chi connectivity index (χ3v) is 7.49. The third kappa shape index (κ3) is 3.68. The number of imide groups is 1. The Kier molecular flexibility index (Phi) is 5.33. The van der Waals surface area contributed by atoms with Crippen molar-refractivity contribution in [2.45, 2.75) is 36.6 Å². The lowest BCUT2D eigenvalue weighted by atomic mass is 9.89. The molecule has 3 atom stereocenters. The van der Waals surface area contributed by atoms with Gasteiger partial charge in [0.25, 0.3) is 5.91 Å². The number of likely N-dealkylation sites (tertiary alicyclic amines) is 1. The van der Waals surface area contributed by atoms with Crippen molar-refractivity contribution >= 4 is 23.5 Å². The minimum absolute atomic E-state index is 0.122. The summed E-state index contributed by atoms with van der Waals surface area (Å²) in [5.74, 6) is -1.35. The van der Waals surface area contributed by atoms with Gasteiger partial charge in [0.2, 0.25) is 5.91 Å². The second kappa shape index (κ2) is 8.47. The first-order chi connectivity index (χ1) is 17.8. The van der Waals surface area contributed by atoms with Crippen molar-refractivity contribution in [2.24, 2.45) is 0 Å². The predicted molar refractivity (Wildman–Crippen MR) is 129 cm³/mol. The molecule has 2 unspecified atom stereocenters. The topological polar surface area (TPSA) is 60.9 Å². The number of alkyl halides is 3. The van der Waals surface area contributed by atoms with E-state index in [1.807, 2.05) is 60.7 Å². The first kappa shape index (κ1) is 23.3. The minimum Gasteiger partial charge on any atom is -0.334 e. The van der Waals surface area contributed by atoms with E-state index in [-0.39, 0.29) is 24.2 Å². The molecule has 6 nitrogen and oxygen atoms in total. The number of halogens is 3. The summed E-state index contributed by atoms with van der Waals surface area (Å²) in [6.07, 6.45) is -4.15. The number of hydrogen-bond acceptors (Lipinski definition) is 3. The van der Waals surface area contributed by atoms with Gasteiger partial charge in [-0.25, -0.2) is 9.69 Å². The molecule has 3 heterocycles. The highest BCUT2D eigenvalue weighted by Crippen LogP contribution is 2.44. The molecule has 9 heteroatoms. The zero-order chi connectivity index (χ0) is 25.9.